The van der Waals surface area contributed by atoms with Crippen LogP contribution in [0.4, 0.5) is 0 Å². The lowest BCUT2D eigenvalue weighted by atomic mass is 10.0. The summed E-state index contributed by atoms with van der Waals surface area (Å²) in [4.78, 5) is 13.5. The molecular formula is C12H15NO. The predicted octanol–water partition coefficient (Wildman–Crippen LogP) is 2.65. The van der Waals surface area contributed by atoms with Crippen LogP contribution in [-0.2, 0) is 24.2 Å². The van der Waals surface area contributed by atoms with Crippen molar-refractivity contribution in [3.05, 3.63) is 34.9 Å². The van der Waals surface area contributed by atoms with Crippen LogP contribution in [0.3, 0.4) is 0 Å². The number of hydrogen-bond donors (Lipinski definition) is 0. The maximum atomic E-state index is 9.96. The lowest BCUT2D eigenvalue weighted by molar-refractivity contribution is 0.563. The van der Waals surface area contributed by atoms with E-state index in [-0.39, 0.29) is 0 Å². The normalized spacial score (nSPS) is 9.57. The molecule has 2 heteroatoms. The summed E-state index contributed by atoms with van der Waals surface area (Å²) in [5.74, 6) is 0. The molecule has 0 aliphatic carbocycles. The van der Waals surface area contributed by atoms with Gasteiger partial charge in [-0.2, -0.15) is 0 Å². The van der Waals surface area contributed by atoms with Crippen molar-refractivity contribution in [1.29, 1.82) is 0 Å². The zero-order chi connectivity index (χ0) is 10.4. The van der Waals surface area contributed by atoms with Crippen molar-refractivity contribution in [1.82, 2.24) is 0 Å². The van der Waals surface area contributed by atoms with Gasteiger partial charge in [0.2, 0.25) is 6.08 Å². The van der Waals surface area contributed by atoms with Gasteiger partial charge in [-0.3, -0.25) is 0 Å². The second-order valence-electron chi connectivity index (χ2n) is 3.22. The summed E-state index contributed by atoms with van der Waals surface area (Å²) in [5.41, 5.74) is 3.82. The highest BCUT2D eigenvalue weighted by Crippen LogP contribution is 2.14. The Morgan fingerprint density at radius 1 is 1.21 bits per heavy atom. The van der Waals surface area contributed by atoms with Crippen LogP contribution in [0.1, 0.15) is 30.5 Å². The molecule has 0 amide bonds. The highest BCUT2D eigenvalue weighted by Gasteiger charge is 2.00. The average Bonchev–Trinajstić information content (AvgIpc) is 2.25. The first-order valence-corrected chi connectivity index (χ1v) is 4.96. The Morgan fingerprint density at radius 3 is 2.50 bits per heavy atom. The molecule has 1 aromatic rings. The third-order valence-electron chi connectivity index (χ3n) is 2.36. The van der Waals surface area contributed by atoms with E-state index >= 15 is 0 Å². The van der Waals surface area contributed by atoms with Crippen LogP contribution >= 0.6 is 0 Å². The average molecular weight is 189 g/mol. The Kier molecular flexibility index (Phi) is 4.09. The highest BCUT2D eigenvalue weighted by atomic mass is 16.1. The summed E-state index contributed by atoms with van der Waals surface area (Å²) in [6.45, 7) is 4.74. The molecule has 0 fully saturated rings. The minimum atomic E-state index is 0.445. The number of isocyanates is 1. The largest absolute Gasteiger partial charge is 0.235 e. The molecule has 0 unspecified atom stereocenters. The number of aliphatic imine (C=N–C) groups is 1. The molecule has 14 heavy (non-hydrogen) atoms. The van der Waals surface area contributed by atoms with Crippen molar-refractivity contribution in [2.45, 2.75) is 33.2 Å². The summed E-state index contributed by atoms with van der Waals surface area (Å²) in [6, 6.07) is 6.27. The smallest absolute Gasteiger partial charge is 0.211 e. The van der Waals surface area contributed by atoms with E-state index in [0.717, 1.165) is 18.4 Å². The monoisotopic (exact) mass is 189 g/mol. The molecule has 0 aliphatic heterocycles. The van der Waals surface area contributed by atoms with Gasteiger partial charge in [0, 0.05) is 0 Å². The van der Waals surface area contributed by atoms with Gasteiger partial charge in [0.15, 0.2) is 0 Å². The Bertz CT molecular complexity index is 351. The van der Waals surface area contributed by atoms with Crippen LogP contribution in [0, 0.1) is 0 Å². The fourth-order valence-corrected chi connectivity index (χ4v) is 1.58. The quantitative estimate of drug-likeness (QED) is 0.529. The summed E-state index contributed by atoms with van der Waals surface area (Å²) in [6.07, 6.45) is 3.64. The molecule has 0 radical (unpaired) electrons. The Morgan fingerprint density at radius 2 is 1.93 bits per heavy atom. The number of benzene rings is 1. The zero-order valence-electron chi connectivity index (χ0n) is 8.71. The molecule has 2 nitrogen and oxygen atoms in total. The first kappa shape index (κ1) is 10.7. The molecule has 1 aromatic carbocycles. The minimum Gasteiger partial charge on any atom is -0.211 e. The Balaban J connectivity index is 2.94. The van der Waals surface area contributed by atoms with Gasteiger partial charge in [-0.1, -0.05) is 32.0 Å². The van der Waals surface area contributed by atoms with Crippen LogP contribution in [-0.4, -0.2) is 6.08 Å². The first-order valence-electron chi connectivity index (χ1n) is 4.96. The van der Waals surface area contributed by atoms with Gasteiger partial charge in [-0.05, 0) is 29.5 Å². The second kappa shape index (κ2) is 5.36. The molecule has 0 saturated carbocycles. The van der Waals surface area contributed by atoms with Crippen molar-refractivity contribution < 1.29 is 4.79 Å². The van der Waals surface area contributed by atoms with E-state index in [0.29, 0.717) is 6.54 Å². The topological polar surface area (TPSA) is 29.4 Å². The molecule has 0 aliphatic rings. The van der Waals surface area contributed by atoms with Crippen molar-refractivity contribution >= 4 is 6.08 Å². The van der Waals surface area contributed by atoms with Crippen LogP contribution < -0.4 is 0 Å². The van der Waals surface area contributed by atoms with Crippen molar-refractivity contribution in [2.75, 3.05) is 0 Å². The fraction of sp³-hybridized carbons (Fsp3) is 0.417. The van der Waals surface area contributed by atoms with Gasteiger partial charge in [0.05, 0.1) is 6.54 Å². The van der Waals surface area contributed by atoms with Gasteiger partial charge >= 0.3 is 0 Å². The van der Waals surface area contributed by atoms with Crippen molar-refractivity contribution in [3.8, 4) is 0 Å². The molecule has 74 valence electrons. The predicted molar refractivity (Wildman–Crippen MR) is 57.0 cm³/mol. The van der Waals surface area contributed by atoms with Gasteiger partial charge < -0.3 is 0 Å². The molecule has 0 aromatic heterocycles. The molecular weight excluding hydrogens is 174 g/mol. The number of rotatable bonds is 4. The van der Waals surface area contributed by atoms with Crippen LogP contribution in [0.2, 0.25) is 0 Å². The highest BCUT2D eigenvalue weighted by molar-refractivity contribution is 5.36. The van der Waals surface area contributed by atoms with E-state index in [1.807, 2.05) is 6.07 Å². The summed E-state index contributed by atoms with van der Waals surface area (Å²) < 4.78 is 0. The summed E-state index contributed by atoms with van der Waals surface area (Å²) in [7, 11) is 0. The standard InChI is InChI=1S/C12H15NO/c1-3-11-6-5-10(8-13-9-14)7-12(11)4-2/h5-7H,3-4,8H2,1-2H3. The Hall–Kier alpha value is -1.40. The maximum absolute atomic E-state index is 9.96. The Labute approximate surface area is 84.7 Å². The van der Waals surface area contributed by atoms with Crippen LogP contribution in [0.5, 0.6) is 0 Å². The zero-order valence-corrected chi connectivity index (χ0v) is 8.71. The summed E-state index contributed by atoms with van der Waals surface area (Å²) >= 11 is 0. The molecule has 0 heterocycles. The number of hydrogen-bond acceptors (Lipinski definition) is 2. The minimum absolute atomic E-state index is 0.445. The van der Waals surface area contributed by atoms with E-state index in [1.165, 1.54) is 11.1 Å². The van der Waals surface area contributed by atoms with Crippen molar-refractivity contribution in [3.63, 3.8) is 0 Å². The fourth-order valence-electron chi connectivity index (χ4n) is 1.58. The van der Waals surface area contributed by atoms with E-state index in [4.69, 9.17) is 0 Å². The third kappa shape index (κ3) is 2.54. The second-order valence-corrected chi connectivity index (χ2v) is 3.22. The lowest BCUT2D eigenvalue weighted by Crippen LogP contribution is -1.93. The molecule has 0 spiro atoms. The molecule has 0 saturated heterocycles. The number of aryl methyl sites for hydroxylation is 2. The van der Waals surface area contributed by atoms with Gasteiger partial charge in [-0.15, -0.1) is 0 Å². The number of nitrogens with zero attached hydrogens (tertiary/aromatic N) is 1. The van der Waals surface area contributed by atoms with E-state index in [1.54, 1.807) is 6.08 Å². The number of carbonyl (C=O) groups excluding carboxylic acids is 1. The van der Waals surface area contributed by atoms with Crippen molar-refractivity contribution in [2.24, 2.45) is 4.99 Å². The van der Waals surface area contributed by atoms with Gasteiger partial charge in [0.25, 0.3) is 0 Å². The SMILES string of the molecule is CCc1ccc(CN=C=O)cc1CC. The van der Waals surface area contributed by atoms with Gasteiger partial charge in [-0.25, -0.2) is 9.79 Å². The van der Waals surface area contributed by atoms with Crippen LogP contribution in [0.15, 0.2) is 23.2 Å². The molecule has 0 bridgehead atoms. The van der Waals surface area contributed by atoms with Crippen LogP contribution in [0.25, 0.3) is 0 Å². The lowest BCUT2D eigenvalue weighted by Gasteiger charge is -2.06. The van der Waals surface area contributed by atoms with E-state index < -0.39 is 0 Å². The molecule has 0 atom stereocenters. The van der Waals surface area contributed by atoms with Gasteiger partial charge in [0.1, 0.15) is 0 Å². The molecule has 1 rings (SSSR count). The van der Waals surface area contributed by atoms with E-state index in [9.17, 15) is 4.79 Å². The maximum Gasteiger partial charge on any atom is 0.235 e. The molecule has 0 N–H and O–H groups in total. The van der Waals surface area contributed by atoms with E-state index in [2.05, 4.69) is 31.0 Å². The first-order chi connectivity index (χ1) is 6.81. The third-order valence-corrected chi connectivity index (χ3v) is 2.36. The summed E-state index contributed by atoms with van der Waals surface area (Å²) in [5, 5.41) is 0.